The van der Waals surface area contributed by atoms with Crippen LogP contribution in [0.15, 0.2) is 42.5 Å². The summed E-state index contributed by atoms with van der Waals surface area (Å²) in [5.41, 5.74) is 8.55. The first kappa shape index (κ1) is 15.0. The van der Waals surface area contributed by atoms with E-state index in [0.29, 0.717) is 13.2 Å². The molecule has 2 N–H and O–H groups in total. The van der Waals surface area contributed by atoms with Crippen LogP contribution in [0, 0.1) is 18.8 Å². The molecule has 2 aromatic rings. The van der Waals surface area contributed by atoms with Gasteiger partial charge in [0.15, 0.2) is 0 Å². The fourth-order valence-corrected chi connectivity index (χ4v) is 1.90. The van der Waals surface area contributed by atoms with Crippen molar-refractivity contribution in [2.75, 3.05) is 13.7 Å². The lowest BCUT2D eigenvalue weighted by Crippen LogP contribution is -1.97. The van der Waals surface area contributed by atoms with Gasteiger partial charge < -0.3 is 15.2 Å². The monoisotopic (exact) mass is 281 g/mol. The van der Waals surface area contributed by atoms with Gasteiger partial charge in [0.25, 0.3) is 0 Å². The Balaban J connectivity index is 2.01. The maximum Gasteiger partial charge on any atom is 0.120 e. The van der Waals surface area contributed by atoms with Gasteiger partial charge in [-0.25, -0.2) is 0 Å². The smallest absolute Gasteiger partial charge is 0.120 e. The molecule has 0 atom stereocenters. The van der Waals surface area contributed by atoms with Crippen LogP contribution in [0.1, 0.15) is 16.7 Å². The summed E-state index contributed by atoms with van der Waals surface area (Å²) in [6.45, 7) is 2.91. The third kappa shape index (κ3) is 4.27. The van der Waals surface area contributed by atoms with Gasteiger partial charge in [0.1, 0.15) is 18.1 Å². The standard InChI is InChI=1S/C18H19NO2/c1-14-12-18(10-7-16(14)4-3-11-19)21-13-15-5-8-17(20-2)9-6-15/h5-10,12H,11,13,19H2,1-2H3. The van der Waals surface area contributed by atoms with E-state index in [1.54, 1.807) is 7.11 Å². The lowest BCUT2D eigenvalue weighted by molar-refractivity contribution is 0.305. The summed E-state index contributed by atoms with van der Waals surface area (Å²) in [5, 5.41) is 0. The third-order valence-electron chi connectivity index (χ3n) is 3.09. The van der Waals surface area contributed by atoms with E-state index in [9.17, 15) is 0 Å². The number of nitrogens with two attached hydrogens (primary N) is 1. The topological polar surface area (TPSA) is 44.5 Å². The van der Waals surface area contributed by atoms with Crippen molar-refractivity contribution in [2.45, 2.75) is 13.5 Å². The Labute approximate surface area is 125 Å². The van der Waals surface area contributed by atoms with Crippen LogP contribution in [0.5, 0.6) is 11.5 Å². The van der Waals surface area contributed by atoms with E-state index in [0.717, 1.165) is 28.2 Å². The molecule has 0 saturated carbocycles. The summed E-state index contributed by atoms with van der Waals surface area (Å²) >= 11 is 0. The normalized spacial score (nSPS) is 9.67. The van der Waals surface area contributed by atoms with E-state index < -0.39 is 0 Å². The largest absolute Gasteiger partial charge is 0.497 e. The summed E-state index contributed by atoms with van der Waals surface area (Å²) in [5.74, 6) is 7.58. The van der Waals surface area contributed by atoms with Crippen molar-refractivity contribution in [3.63, 3.8) is 0 Å². The van der Waals surface area contributed by atoms with Crippen LogP contribution in [0.25, 0.3) is 0 Å². The molecule has 0 aliphatic carbocycles. The number of methoxy groups -OCH3 is 1. The highest BCUT2D eigenvalue weighted by Crippen LogP contribution is 2.19. The van der Waals surface area contributed by atoms with Crippen molar-refractivity contribution in [1.29, 1.82) is 0 Å². The lowest BCUT2D eigenvalue weighted by atomic mass is 10.1. The quantitative estimate of drug-likeness (QED) is 0.876. The maximum absolute atomic E-state index is 5.79. The Hall–Kier alpha value is -2.44. The summed E-state index contributed by atoms with van der Waals surface area (Å²) in [4.78, 5) is 0. The SMILES string of the molecule is COc1ccc(COc2ccc(C#CCN)c(C)c2)cc1. The Morgan fingerprint density at radius 3 is 2.38 bits per heavy atom. The van der Waals surface area contributed by atoms with E-state index in [4.69, 9.17) is 15.2 Å². The first-order valence-corrected chi connectivity index (χ1v) is 6.78. The Bertz CT molecular complexity index is 651. The van der Waals surface area contributed by atoms with Crippen molar-refractivity contribution in [3.8, 4) is 23.3 Å². The van der Waals surface area contributed by atoms with Crippen molar-refractivity contribution in [1.82, 2.24) is 0 Å². The van der Waals surface area contributed by atoms with E-state index in [2.05, 4.69) is 11.8 Å². The fourth-order valence-electron chi connectivity index (χ4n) is 1.90. The van der Waals surface area contributed by atoms with Gasteiger partial charge in [-0.05, 0) is 48.4 Å². The van der Waals surface area contributed by atoms with E-state index in [1.165, 1.54) is 0 Å². The molecule has 0 fully saturated rings. The van der Waals surface area contributed by atoms with Gasteiger partial charge in [-0.1, -0.05) is 24.0 Å². The predicted octanol–water partition coefficient (Wildman–Crippen LogP) is 2.89. The number of ether oxygens (including phenoxy) is 2. The minimum absolute atomic E-state index is 0.370. The van der Waals surface area contributed by atoms with Gasteiger partial charge >= 0.3 is 0 Å². The first-order valence-electron chi connectivity index (χ1n) is 6.78. The molecule has 3 heteroatoms. The summed E-state index contributed by atoms with van der Waals surface area (Å²) < 4.78 is 10.9. The van der Waals surface area contributed by atoms with Gasteiger partial charge in [-0.15, -0.1) is 0 Å². The molecular formula is C18H19NO2. The second-order valence-electron chi connectivity index (χ2n) is 4.62. The van der Waals surface area contributed by atoms with E-state index >= 15 is 0 Å². The van der Waals surface area contributed by atoms with Crippen LogP contribution in [0.2, 0.25) is 0 Å². The van der Waals surface area contributed by atoms with Gasteiger partial charge in [-0.3, -0.25) is 0 Å². The van der Waals surface area contributed by atoms with Crippen LogP contribution >= 0.6 is 0 Å². The molecule has 2 aromatic carbocycles. The van der Waals surface area contributed by atoms with Crippen molar-refractivity contribution in [2.24, 2.45) is 5.73 Å². The molecule has 0 spiro atoms. The van der Waals surface area contributed by atoms with Crippen LogP contribution in [0.4, 0.5) is 0 Å². The number of aryl methyl sites for hydroxylation is 1. The predicted molar refractivity (Wildman–Crippen MR) is 84.4 cm³/mol. The summed E-state index contributed by atoms with van der Waals surface area (Å²) in [7, 11) is 1.66. The molecule has 0 radical (unpaired) electrons. The van der Waals surface area contributed by atoms with Crippen LogP contribution < -0.4 is 15.2 Å². The van der Waals surface area contributed by atoms with E-state index in [-0.39, 0.29) is 0 Å². The van der Waals surface area contributed by atoms with Crippen LogP contribution in [-0.2, 0) is 6.61 Å². The molecule has 0 aliphatic rings. The average Bonchev–Trinajstić information content (AvgIpc) is 2.52. The third-order valence-corrected chi connectivity index (χ3v) is 3.09. The number of hydrogen-bond acceptors (Lipinski definition) is 3. The second kappa shape index (κ2) is 7.37. The molecular weight excluding hydrogens is 262 g/mol. The van der Waals surface area contributed by atoms with Crippen molar-refractivity contribution < 1.29 is 9.47 Å². The van der Waals surface area contributed by atoms with E-state index in [1.807, 2.05) is 49.4 Å². The van der Waals surface area contributed by atoms with Gasteiger partial charge in [0, 0.05) is 5.56 Å². The zero-order valence-electron chi connectivity index (χ0n) is 12.3. The van der Waals surface area contributed by atoms with Gasteiger partial charge in [0.05, 0.1) is 13.7 Å². The number of hydrogen-bond donors (Lipinski definition) is 1. The first-order chi connectivity index (χ1) is 10.2. The highest BCUT2D eigenvalue weighted by Gasteiger charge is 2.00. The Kier molecular flexibility index (Phi) is 5.25. The molecule has 0 heterocycles. The molecule has 3 nitrogen and oxygen atoms in total. The summed E-state index contributed by atoms with van der Waals surface area (Å²) in [6, 6.07) is 13.7. The van der Waals surface area contributed by atoms with Crippen LogP contribution in [0.3, 0.4) is 0 Å². The fraction of sp³-hybridized carbons (Fsp3) is 0.222. The molecule has 0 amide bonds. The van der Waals surface area contributed by atoms with Gasteiger partial charge in [-0.2, -0.15) is 0 Å². The highest BCUT2D eigenvalue weighted by molar-refractivity contribution is 5.44. The minimum atomic E-state index is 0.370. The molecule has 0 bridgehead atoms. The molecule has 0 saturated heterocycles. The average molecular weight is 281 g/mol. The molecule has 0 aliphatic heterocycles. The number of rotatable bonds is 4. The van der Waals surface area contributed by atoms with Crippen molar-refractivity contribution in [3.05, 3.63) is 59.2 Å². The lowest BCUT2D eigenvalue weighted by Gasteiger charge is -2.08. The zero-order valence-corrected chi connectivity index (χ0v) is 12.3. The minimum Gasteiger partial charge on any atom is -0.497 e. The Morgan fingerprint density at radius 2 is 1.76 bits per heavy atom. The van der Waals surface area contributed by atoms with Crippen LogP contribution in [-0.4, -0.2) is 13.7 Å². The number of benzene rings is 2. The van der Waals surface area contributed by atoms with Gasteiger partial charge in [0.2, 0.25) is 0 Å². The molecule has 2 rings (SSSR count). The Morgan fingerprint density at radius 1 is 1.05 bits per heavy atom. The highest BCUT2D eigenvalue weighted by atomic mass is 16.5. The second-order valence-corrected chi connectivity index (χ2v) is 4.62. The maximum atomic E-state index is 5.79. The molecule has 21 heavy (non-hydrogen) atoms. The molecule has 0 unspecified atom stereocenters. The zero-order chi connectivity index (χ0) is 15.1. The summed E-state index contributed by atoms with van der Waals surface area (Å²) in [6.07, 6.45) is 0. The van der Waals surface area contributed by atoms with Crippen molar-refractivity contribution >= 4 is 0 Å². The molecule has 108 valence electrons. The molecule has 0 aromatic heterocycles.